The Morgan fingerprint density at radius 3 is 2.46 bits per heavy atom. The molecule has 0 aliphatic carbocycles. The minimum absolute atomic E-state index is 0.000481. The summed E-state index contributed by atoms with van der Waals surface area (Å²) in [4.78, 5) is 23.9. The van der Waals surface area contributed by atoms with E-state index in [9.17, 15) is 9.59 Å². The summed E-state index contributed by atoms with van der Waals surface area (Å²) in [7, 11) is 1.90. The molecule has 7 heteroatoms. The predicted molar refractivity (Wildman–Crippen MR) is 112 cm³/mol. The van der Waals surface area contributed by atoms with Gasteiger partial charge in [-0.15, -0.1) is 10.2 Å². The summed E-state index contributed by atoms with van der Waals surface area (Å²) in [6.45, 7) is 5.34. The normalized spacial score (nSPS) is 11.9. The van der Waals surface area contributed by atoms with Gasteiger partial charge in [0.25, 0.3) is 0 Å². The Balaban J connectivity index is 1.73. The Morgan fingerprint density at radius 2 is 1.82 bits per heavy atom. The van der Waals surface area contributed by atoms with Crippen LogP contribution in [0.2, 0.25) is 0 Å². The predicted octanol–water partition coefficient (Wildman–Crippen LogP) is 4.11. The molecule has 0 aliphatic rings. The molecule has 0 fully saturated rings. The largest absolute Gasteiger partial charge is 0.326 e. The van der Waals surface area contributed by atoms with Crippen LogP contribution in [0, 0.1) is 6.92 Å². The van der Waals surface area contributed by atoms with Crippen LogP contribution in [-0.4, -0.2) is 31.7 Å². The zero-order valence-electron chi connectivity index (χ0n) is 16.3. The van der Waals surface area contributed by atoms with E-state index >= 15 is 0 Å². The molecule has 0 bridgehead atoms. The highest BCUT2D eigenvalue weighted by molar-refractivity contribution is 8.00. The van der Waals surface area contributed by atoms with Gasteiger partial charge in [0.05, 0.1) is 5.25 Å². The second-order valence-corrected chi connectivity index (χ2v) is 7.93. The number of thioether (sulfide) groups is 1. The number of nitrogens with one attached hydrogen (secondary N) is 1. The highest BCUT2D eigenvalue weighted by atomic mass is 32.2. The molecular weight excluding hydrogens is 372 g/mol. The van der Waals surface area contributed by atoms with Gasteiger partial charge in [-0.05, 0) is 44.2 Å². The molecule has 0 spiro atoms. The van der Waals surface area contributed by atoms with Crippen LogP contribution in [-0.2, 0) is 11.8 Å². The van der Waals surface area contributed by atoms with E-state index in [-0.39, 0.29) is 16.9 Å². The second kappa shape index (κ2) is 8.39. The Kier molecular flexibility index (Phi) is 5.94. The van der Waals surface area contributed by atoms with Crippen LogP contribution in [0.4, 0.5) is 5.69 Å². The summed E-state index contributed by atoms with van der Waals surface area (Å²) >= 11 is 1.38. The summed E-state index contributed by atoms with van der Waals surface area (Å²) < 4.78 is 1.91. The van der Waals surface area contributed by atoms with E-state index in [1.807, 2.05) is 43.7 Å². The molecule has 3 aromatic rings. The van der Waals surface area contributed by atoms with Crippen molar-refractivity contribution in [3.05, 3.63) is 59.7 Å². The number of aryl methyl sites for hydroxylation is 1. The first-order valence-corrected chi connectivity index (χ1v) is 9.78. The fourth-order valence-electron chi connectivity index (χ4n) is 2.82. The van der Waals surface area contributed by atoms with E-state index in [4.69, 9.17) is 0 Å². The maximum atomic E-state index is 12.7. The number of carbonyl (C=O) groups excluding carboxylic acids is 2. The molecule has 1 amide bonds. The molecule has 3 rings (SSSR count). The Morgan fingerprint density at radius 1 is 1.11 bits per heavy atom. The summed E-state index contributed by atoms with van der Waals surface area (Å²) in [5, 5.41) is 11.6. The van der Waals surface area contributed by atoms with Crippen LogP contribution in [0.25, 0.3) is 11.4 Å². The lowest BCUT2D eigenvalue weighted by Gasteiger charge is -2.11. The number of nitrogens with zero attached hydrogens (tertiary/aromatic N) is 3. The number of hydrogen-bond donors (Lipinski definition) is 1. The zero-order valence-corrected chi connectivity index (χ0v) is 17.1. The Bertz CT molecular complexity index is 1010. The zero-order chi connectivity index (χ0) is 20.3. The second-order valence-electron chi connectivity index (χ2n) is 6.62. The van der Waals surface area contributed by atoms with Gasteiger partial charge in [-0.1, -0.05) is 35.5 Å². The van der Waals surface area contributed by atoms with Gasteiger partial charge in [0.2, 0.25) is 5.91 Å². The number of rotatable bonds is 6. The van der Waals surface area contributed by atoms with Crippen molar-refractivity contribution in [2.75, 3.05) is 5.32 Å². The van der Waals surface area contributed by atoms with E-state index in [1.54, 1.807) is 24.3 Å². The minimum atomic E-state index is -0.320. The third-order valence-corrected chi connectivity index (χ3v) is 5.39. The molecule has 1 heterocycles. The molecule has 1 N–H and O–H groups in total. The summed E-state index contributed by atoms with van der Waals surface area (Å²) in [6.07, 6.45) is 0. The standard InChI is InChI=1S/C21H22N4O2S/c1-13-6-5-7-17(12-13)20-23-24-21(25(20)4)28-14(2)19(27)16-8-10-18(11-9-16)22-15(3)26/h5-12,14H,1-4H3,(H,22,26). The van der Waals surface area contributed by atoms with E-state index in [2.05, 4.69) is 21.6 Å². The first-order valence-electron chi connectivity index (χ1n) is 8.90. The number of amides is 1. The molecule has 0 aliphatic heterocycles. The molecule has 1 unspecified atom stereocenters. The van der Waals surface area contributed by atoms with Crippen LogP contribution in [0.5, 0.6) is 0 Å². The topological polar surface area (TPSA) is 76.9 Å². The van der Waals surface area contributed by atoms with Gasteiger partial charge in [0.1, 0.15) is 0 Å². The lowest BCUT2D eigenvalue weighted by molar-refractivity contribution is -0.114. The summed E-state index contributed by atoms with van der Waals surface area (Å²) in [6, 6.07) is 15.0. The minimum Gasteiger partial charge on any atom is -0.326 e. The molecule has 1 aromatic heterocycles. The van der Waals surface area contributed by atoms with Gasteiger partial charge >= 0.3 is 0 Å². The molecule has 2 aromatic carbocycles. The van der Waals surface area contributed by atoms with Crippen molar-refractivity contribution < 1.29 is 9.59 Å². The Hall–Kier alpha value is -2.93. The lowest BCUT2D eigenvalue weighted by atomic mass is 10.1. The first kappa shape index (κ1) is 19.8. The van der Waals surface area contributed by atoms with E-state index in [0.717, 1.165) is 17.0 Å². The number of ketones is 1. The monoisotopic (exact) mass is 394 g/mol. The number of aromatic nitrogens is 3. The van der Waals surface area contributed by atoms with Crippen molar-refractivity contribution in [3.63, 3.8) is 0 Å². The maximum Gasteiger partial charge on any atom is 0.221 e. The van der Waals surface area contributed by atoms with Crippen molar-refractivity contribution in [2.45, 2.75) is 31.2 Å². The fourth-order valence-corrected chi connectivity index (χ4v) is 3.71. The number of anilines is 1. The molecule has 0 saturated carbocycles. The van der Waals surface area contributed by atoms with Gasteiger partial charge in [-0.25, -0.2) is 0 Å². The number of benzene rings is 2. The van der Waals surface area contributed by atoms with Crippen LogP contribution in [0.15, 0.2) is 53.7 Å². The maximum absolute atomic E-state index is 12.7. The smallest absolute Gasteiger partial charge is 0.221 e. The van der Waals surface area contributed by atoms with Gasteiger partial charge < -0.3 is 9.88 Å². The molecule has 1 atom stereocenters. The van der Waals surface area contributed by atoms with Crippen LogP contribution < -0.4 is 5.32 Å². The van der Waals surface area contributed by atoms with Gasteiger partial charge in [-0.2, -0.15) is 0 Å². The average molecular weight is 395 g/mol. The van der Waals surface area contributed by atoms with E-state index in [0.29, 0.717) is 16.4 Å². The first-order chi connectivity index (χ1) is 13.3. The highest BCUT2D eigenvalue weighted by Gasteiger charge is 2.20. The van der Waals surface area contributed by atoms with Gasteiger partial charge in [-0.3, -0.25) is 9.59 Å². The van der Waals surface area contributed by atoms with Crippen molar-refractivity contribution >= 4 is 29.1 Å². The molecule has 28 heavy (non-hydrogen) atoms. The highest BCUT2D eigenvalue weighted by Crippen LogP contribution is 2.28. The number of Topliss-reactive ketones (excluding diaryl/α,β-unsaturated/α-hetero) is 1. The molecular formula is C21H22N4O2S. The summed E-state index contributed by atoms with van der Waals surface area (Å²) in [5.74, 6) is 0.625. The molecule has 144 valence electrons. The SMILES string of the molecule is CC(=O)Nc1ccc(C(=O)C(C)Sc2nnc(-c3cccc(C)c3)n2C)cc1. The quantitative estimate of drug-likeness (QED) is 0.503. The van der Waals surface area contributed by atoms with Crippen LogP contribution in [0.1, 0.15) is 29.8 Å². The van der Waals surface area contributed by atoms with Crippen molar-refractivity contribution in [1.82, 2.24) is 14.8 Å². The van der Waals surface area contributed by atoms with Crippen LogP contribution >= 0.6 is 11.8 Å². The van der Waals surface area contributed by atoms with Crippen LogP contribution in [0.3, 0.4) is 0 Å². The third-order valence-electron chi connectivity index (χ3n) is 4.25. The number of hydrogen-bond acceptors (Lipinski definition) is 5. The van der Waals surface area contributed by atoms with Crippen molar-refractivity contribution in [3.8, 4) is 11.4 Å². The average Bonchev–Trinajstić information content (AvgIpc) is 3.01. The van der Waals surface area contributed by atoms with E-state index < -0.39 is 0 Å². The summed E-state index contributed by atoms with van der Waals surface area (Å²) in [5.41, 5.74) is 3.41. The molecule has 0 radical (unpaired) electrons. The molecule has 0 saturated heterocycles. The fraction of sp³-hybridized carbons (Fsp3) is 0.238. The van der Waals surface area contributed by atoms with E-state index in [1.165, 1.54) is 18.7 Å². The number of carbonyl (C=O) groups is 2. The van der Waals surface area contributed by atoms with Gasteiger partial charge in [0.15, 0.2) is 16.8 Å². The third kappa shape index (κ3) is 4.48. The molecule has 6 nitrogen and oxygen atoms in total. The van der Waals surface area contributed by atoms with Crippen molar-refractivity contribution in [1.29, 1.82) is 0 Å². The van der Waals surface area contributed by atoms with Gasteiger partial charge in [0, 0.05) is 30.8 Å². The Labute approximate surface area is 168 Å². The van der Waals surface area contributed by atoms with Crippen molar-refractivity contribution in [2.24, 2.45) is 7.05 Å². The lowest BCUT2D eigenvalue weighted by Crippen LogP contribution is -2.14.